The molecular weight excluding hydrogens is 995 g/mol. The SMILES string of the molecule is O=C(C(CN1CCC(c2nc(C(=O)N3CCC(c4c[nH]c5ccccc45)CC3)cs2)CC1)c1ccc(F)cc1)C(CN1CCC(c2nc(C(=O)N3CCC(c4c[nH]c5ccccc45)CC3)cs2)CC1)c1ccc(F)cc1. The molecule has 0 radical (unpaired) electrons. The molecule has 11 nitrogen and oxygen atoms in total. The largest absolute Gasteiger partial charge is 0.361 e. The number of likely N-dealkylation sites (tertiary alicyclic amines) is 4. The number of aromatic amines is 2. The number of carbonyl (C=O) groups excluding carboxylic acids is 3. The Balaban J connectivity index is 0.663. The second kappa shape index (κ2) is 22.3. The Morgan fingerprint density at radius 2 is 0.868 bits per heavy atom. The number of aromatic nitrogens is 4. The molecule has 8 aromatic rings. The van der Waals surface area contributed by atoms with Gasteiger partial charge in [-0.3, -0.25) is 14.4 Å². The minimum Gasteiger partial charge on any atom is -0.361 e. The second-order valence-corrected chi connectivity index (χ2v) is 23.4. The van der Waals surface area contributed by atoms with Crippen molar-refractivity contribution in [3.63, 3.8) is 0 Å². The Labute approximate surface area is 450 Å². The van der Waals surface area contributed by atoms with Gasteiger partial charge in [-0.1, -0.05) is 60.7 Å². The van der Waals surface area contributed by atoms with E-state index >= 15 is 4.79 Å². The predicted molar refractivity (Wildman–Crippen MR) is 297 cm³/mol. The Morgan fingerprint density at radius 1 is 0.500 bits per heavy atom. The van der Waals surface area contributed by atoms with Crippen molar-refractivity contribution in [3.8, 4) is 0 Å². The lowest BCUT2D eigenvalue weighted by atomic mass is 9.82. The van der Waals surface area contributed by atoms with Crippen LogP contribution in [-0.4, -0.2) is 123 Å². The van der Waals surface area contributed by atoms with Crippen molar-refractivity contribution in [1.29, 1.82) is 0 Å². The highest BCUT2D eigenvalue weighted by Crippen LogP contribution is 2.39. The third-order valence-corrected chi connectivity index (χ3v) is 19.2. The van der Waals surface area contributed by atoms with E-state index in [1.54, 1.807) is 46.9 Å². The minimum atomic E-state index is -0.542. The zero-order chi connectivity index (χ0) is 51.7. The Hall–Kier alpha value is -6.39. The second-order valence-electron chi connectivity index (χ2n) is 21.6. The molecule has 0 spiro atoms. The summed E-state index contributed by atoms with van der Waals surface area (Å²) in [6.07, 6.45) is 11.3. The summed E-state index contributed by atoms with van der Waals surface area (Å²) in [5.74, 6) is -0.518. The molecule has 2 atom stereocenters. The summed E-state index contributed by atoms with van der Waals surface area (Å²) in [6, 6.07) is 29.5. The summed E-state index contributed by atoms with van der Waals surface area (Å²) < 4.78 is 28.9. The van der Waals surface area contributed by atoms with E-state index in [0.29, 0.717) is 62.5 Å². The maximum absolute atomic E-state index is 15.3. The molecule has 15 heteroatoms. The van der Waals surface area contributed by atoms with E-state index in [0.717, 1.165) is 110 Å². The van der Waals surface area contributed by atoms with Gasteiger partial charge in [-0.15, -0.1) is 22.7 Å². The van der Waals surface area contributed by atoms with Crippen LogP contribution in [0.2, 0.25) is 0 Å². The number of thiazole rings is 2. The normalized spacial score (nSPS) is 18.9. The number of hydrogen-bond acceptors (Lipinski definition) is 9. The fourth-order valence-electron chi connectivity index (χ4n) is 12.7. The number of fused-ring (bicyclic) bond motifs is 2. The molecule has 2 unspecified atom stereocenters. The number of para-hydroxylation sites is 2. The molecule has 2 amide bonds. The van der Waals surface area contributed by atoms with Crippen LogP contribution in [0.5, 0.6) is 0 Å². The minimum absolute atomic E-state index is 0.00402. The Kier molecular flexibility index (Phi) is 14.8. The maximum Gasteiger partial charge on any atom is 0.273 e. The third-order valence-electron chi connectivity index (χ3n) is 17.2. The van der Waals surface area contributed by atoms with Crippen LogP contribution < -0.4 is 0 Å². The fraction of sp³-hybridized carbons (Fsp3) is 0.393. The first-order chi connectivity index (χ1) is 37.2. The number of carbonyl (C=O) groups is 3. The van der Waals surface area contributed by atoms with Crippen molar-refractivity contribution in [2.75, 3.05) is 65.4 Å². The van der Waals surface area contributed by atoms with Gasteiger partial charge in [0.15, 0.2) is 0 Å². The molecule has 8 heterocycles. The molecule has 4 aliphatic heterocycles. The van der Waals surface area contributed by atoms with E-state index in [-0.39, 0.29) is 41.1 Å². The van der Waals surface area contributed by atoms with Gasteiger partial charge in [0.05, 0.1) is 21.9 Å². The number of hydrogen-bond donors (Lipinski definition) is 2. The molecule has 392 valence electrons. The van der Waals surface area contributed by atoms with Crippen molar-refractivity contribution in [3.05, 3.63) is 176 Å². The summed E-state index contributed by atoms with van der Waals surface area (Å²) in [6.45, 7) is 6.77. The standard InChI is InChI=1S/C61H64F2N8O3S2/c62-45-13-9-39(10-14-45)51(35-68-25-17-43(18-26-68)58-66-55(37-75-58)60(73)70-29-21-41(22-30-70)49-33-64-53-7-3-1-5-47(49)53)57(72)52(40-11-15-46(63)16-12-40)36-69-27-19-44(20-28-69)59-67-56(38-76-59)61(74)71-31-23-42(24-32-71)50-34-65-54-8-4-2-6-48(50)54/h1-16,33-34,37-38,41-44,51-52,64-65H,17-32,35-36H2. The Morgan fingerprint density at radius 3 is 1.26 bits per heavy atom. The number of piperidine rings is 4. The van der Waals surface area contributed by atoms with E-state index in [2.05, 4.69) is 68.6 Å². The van der Waals surface area contributed by atoms with Crippen molar-refractivity contribution in [2.45, 2.75) is 86.9 Å². The zero-order valence-corrected chi connectivity index (χ0v) is 44.4. The van der Waals surface area contributed by atoms with Crippen molar-refractivity contribution >= 4 is 62.1 Å². The van der Waals surface area contributed by atoms with Crippen LogP contribution in [-0.2, 0) is 4.79 Å². The van der Waals surface area contributed by atoms with Crippen molar-refractivity contribution in [1.82, 2.24) is 39.5 Å². The molecule has 4 saturated heterocycles. The van der Waals surface area contributed by atoms with Gasteiger partial charge in [-0.05, 0) is 148 Å². The van der Waals surface area contributed by atoms with Crippen LogP contribution in [0, 0.1) is 11.6 Å². The van der Waals surface area contributed by atoms with E-state index in [4.69, 9.17) is 9.97 Å². The van der Waals surface area contributed by atoms with Crippen LogP contribution in [0.3, 0.4) is 0 Å². The van der Waals surface area contributed by atoms with E-state index in [9.17, 15) is 18.4 Å². The van der Waals surface area contributed by atoms with Crippen molar-refractivity contribution in [2.24, 2.45) is 0 Å². The number of benzene rings is 4. The number of nitrogens with zero attached hydrogens (tertiary/aromatic N) is 6. The molecule has 0 aliphatic carbocycles. The van der Waals surface area contributed by atoms with Gasteiger partial charge < -0.3 is 29.6 Å². The highest BCUT2D eigenvalue weighted by molar-refractivity contribution is 7.10. The van der Waals surface area contributed by atoms with Gasteiger partial charge >= 0.3 is 0 Å². The summed E-state index contributed by atoms with van der Waals surface area (Å²) in [4.78, 5) is 68.0. The first kappa shape index (κ1) is 50.4. The number of Topliss-reactive ketones (excluding diaryl/α,β-unsaturated/α-hetero) is 1. The molecule has 76 heavy (non-hydrogen) atoms. The lowest BCUT2D eigenvalue weighted by Gasteiger charge is -2.36. The van der Waals surface area contributed by atoms with Gasteiger partial charge in [0.1, 0.15) is 28.8 Å². The summed E-state index contributed by atoms with van der Waals surface area (Å²) in [5, 5.41) is 8.35. The summed E-state index contributed by atoms with van der Waals surface area (Å²) in [7, 11) is 0. The molecule has 4 aromatic carbocycles. The van der Waals surface area contributed by atoms with E-state index in [1.165, 1.54) is 46.2 Å². The summed E-state index contributed by atoms with van der Waals surface area (Å²) >= 11 is 3.14. The molecule has 4 aromatic heterocycles. The zero-order valence-electron chi connectivity index (χ0n) is 42.7. The number of ketones is 1. The van der Waals surface area contributed by atoms with Crippen LogP contribution in [0.25, 0.3) is 21.8 Å². The molecule has 4 aliphatic rings. The van der Waals surface area contributed by atoms with Gasteiger partial charge in [0.2, 0.25) is 0 Å². The number of halogens is 2. The molecule has 4 fully saturated rings. The molecule has 2 N–H and O–H groups in total. The number of H-pyrrole nitrogens is 2. The average molecular weight is 1060 g/mol. The van der Waals surface area contributed by atoms with Crippen LogP contribution in [0.4, 0.5) is 8.78 Å². The summed E-state index contributed by atoms with van der Waals surface area (Å²) in [5.41, 5.74) is 7.55. The van der Waals surface area contributed by atoms with Crippen LogP contribution in [0.15, 0.2) is 120 Å². The highest BCUT2D eigenvalue weighted by atomic mass is 32.1. The van der Waals surface area contributed by atoms with Gasteiger partial charge in [0, 0.05) is 96.1 Å². The quantitative estimate of drug-likeness (QED) is 0.111. The van der Waals surface area contributed by atoms with E-state index < -0.39 is 11.8 Å². The molecule has 0 bridgehead atoms. The average Bonchev–Trinajstić information content (AvgIpc) is 4.33. The number of rotatable bonds is 14. The molecule has 0 saturated carbocycles. The Bertz CT molecular complexity index is 3080. The van der Waals surface area contributed by atoms with Crippen LogP contribution >= 0.6 is 22.7 Å². The maximum atomic E-state index is 15.3. The fourth-order valence-corrected chi connectivity index (χ4v) is 14.6. The van der Waals surface area contributed by atoms with Gasteiger partial charge in [-0.2, -0.15) is 0 Å². The third kappa shape index (κ3) is 10.7. The molecule has 12 rings (SSSR count). The van der Waals surface area contributed by atoms with Crippen LogP contribution in [0.1, 0.15) is 140 Å². The molecular formula is C61H64F2N8O3S2. The van der Waals surface area contributed by atoms with Gasteiger partial charge in [0.25, 0.3) is 11.8 Å². The lowest BCUT2D eigenvalue weighted by Crippen LogP contribution is -2.42. The van der Waals surface area contributed by atoms with Crippen molar-refractivity contribution < 1.29 is 23.2 Å². The highest BCUT2D eigenvalue weighted by Gasteiger charge is 2.36. The smallest absolute Gasteiger partial charge is 0.273 e. The van der Waals surface area contributed by atoms with Gasteiger partial charge in [-0.25, -0.2) is 18.7 Å². The monoisotopic (exact) mass is 1060 g/mol. The number of amides is 2. The predicted octanol–water partition coefficient (Wildman–Crippen LogP) is 12.1. The topological polar surface area (TPSA) is 122 Å². The lowest BCUT2D eigenvalue weighted by molar-refractivity contribution is -0.123. The first-order valence-electron chi connectivity index (χ1n) is 27.3. The van der Waals surface area contributed by atoms with E-state index in [1.807, 2.05) is 32.7 Å². The number of nitrogens with one attached hydrogen (secondary N) is 2. The first-order valence-corrected chi connectivity index (χ1v) is 29.1.